The maximum Gasteiger partial charge on any atom is 0.460 e. The minimum atomic E-state index is -6.72. The van der Waals surface area contributed by atoms with Gasteiger partial charge in [-0.2, -0.15) is 30.7 Å². The second-order valence-corrected chi connectivity index (χ2v) is 4.26. The van der Waals surface area contributed by atoms with Gasteiger partial charge in [-0.1, -0.05) is 0 Å². The van der Waals surface area contributed by atoms with Crippen molar-refractivity contribution in [3.63, 3.8) is 0 Å². The molecule has 134 valence electrons. The summed E-state index contributed by atoms with van der Waals surface area (Å²) in [5, 5.41) is 0. The predicted octanol–water partition coefficient (Wildman–Crippen LogP) is 3.98. The third-order valence-corrected chi connectivity index (χ3v) is 2.58. The Morgan fingerprint density at radius 1 is 1.04 bits per heavy atom. The molecule has 0 aromatic rings. The lowest BCUT2D eigenvalue weighted by Gasteiger charge is -2.27. The quantitative estimate of drug-likeness (QED) is 0.286. The topological polar surface area (TPSA) is 43.4 Å². The first-order valence-corrected chi connectivity index (χ1v) is 6.15. The van der Waals surface area contributed by atoms with E-state index in [4.69, 9.17) is 0 Å². The molecule has 0 bridgehead atoms. The number of carbonyl (C=O) groups is 2. The Kier molecular flexibility index (Phi) is 7.17. The molecule has 0 saturated heterocycles. The van der Waals surface area contributed by atoms with E-state index in [1.807, 2.05) is 0 Å². The van der Waals surface area contributed by atoms with Crippen LogP contribution in [0.4, 0.5) is 35.1 Å². The third kappa shape index (κ3) is 4.90. The smallest absolute Gasteiger partial charge is 0.460 e. The third-order valence-electron chi connectivity index (χ3n) is 2.58. The number of aldehydes is 1. The zero-order valence-corrected chi connectivity index (χ0v) is 11.7. The first kappa shape index (κ1) is 21.3. The minimum Gasteiger partial charge on any atom is -0.466 e. The maximum atomic E-state index is 13.3. The van der Waals surface area contributed by atoms with E-state index in [1.165, 1.54) is 6.92 Å². The van der Waals surface area contributed by atoms with Gasteiger partial charge in [0.05, 0.1) is 6.61 Å². The summed E-state index contributed by atoms with van der Waals surface area (Å²) >= 11 is 0. The van der Waals surface area contributed by atoms with Gasteiger partial charge in [0, 0.05) is 12.0 Å². The number of ether oxygens (including phenoxy) is 1. The fourth-order valence-electron chi connectivity index (χ4n) is 1.39. The Hall–Kier alpha value is -1.68. The molecule has 0 heterocycles. The number of halogens is 8. The Bertz CT molecular complexity index is 467. The van der Waals surface area contributed by atoms with Crippen LogP contribution in [0.25, 0.3) is 0 Å². The van der Waals surface area contributed by atoms with E-state index < -0.39 is 60.9 Å². The Morgan fingerprint density at radius 3 is 1.96 bits per heavy atom. The van der Waals surface area contributed by atoms with Crippen LogP contribution in [-0.2, 0) is 14.3 Å². The van der Waals surface area contributed by atoms with Gasteiger partial charge in [-0.05, 0) is 19.8 Å². The van der Waals surface area contributed by atoms with Gasteiger partial charge in [-0.3, -0.25) is 9.59 Å². The van der Waals surface area contributed by atoms with Gasteiger partial charge in [0.25, 0.3) is 0 Å². The molecule has 0 amide bonds. The van der Waals surface area contributed by atoms with Crippen molar-refractivity contribution in [1.29, 1.82) is 0 Å². The van der Waals surface area contributed by atoms with Crippen LogP contribution in [-0.4, -0.2) is 36.9 Å². The first-order valence-electron chi connectivity index (χ1n) is 6.15. The summed E-state index contributed by atoms with van der Waals surface area (Å²) in [5.41, 5.74) is -1.58. The highest BCUT2D eigenvalue weighted by Gasteiger charge is 2.75. The Labute approximate surface area is 125 Å². The van der Waals surface area contributed by atoms with E-state index in [0.717, 1.165) is 0 Å². The molecule has 0 fully saturated rings. The summed E-state index contributed by atoms with van der Waals surface area (Å²) in [5.74, 6) is -16.9. The minimum absolute atomic E-state index is 0.0144. The molecule has 23 heavy (non-hydrogen) atoms. The van der Waals surface area contributed by atoms with Crippen molar-refractivity contribution in [2.24, 2.45) is 0 Å². The number of carbonyl (C=O) groups excluding carboxylic acids is 2. The monoisotopic (exact) mass is 356 g/mol. The van der Waals surface area contributed by atoms with Crippen LogP contribution in [0, 0.1) is 0 Å². The summed E-state index contributed by atoms with van der Waals surface area (Å²) in [6.45, 7) is 1.44. The summed E-state index contributed by atoms with van der Waals surface area (Å²) in [6.07, 6.45) is -9.15. The van der Waals surface area contributed by atoms with Gasteiger partial charge in [0.1, 0.15) is 6.29 Å². The standard InChI is InChI=1S/C12H12F8O3/c1-2-23-8(22)5-3-4-7(6-21)9(13)10(14,15)11(16,17)12(18,19)20/h6H,2-5H2,1H3. The first-order chi connectivity index (χ1) is 10.3. The number of hydrogen-bond donors (Lipinski definition) is 0. The predicted molar refractivity (Wildman–Crippen MR) is 60.6 cm³/mol. The summed E-state index contributed by atoms with van der Waals surface area (Å²) in [7, 11) is 0. The molecule has 0 saturated carbocycles. The van der Waals surface area contributed by atoms with Gasteiger partial charge in [0.15, 0.2) is 5.83 Å². The van der Waals surface area contributed by atoms with E-state index in [2.05, 4.69) is 4.74 Å². The van der Waals surface area contributed by atoms with Crippen LogP contribution >= 0.6 is 0 Å². The van der Waals surface area contributed by atoms with Crippen molar-refractivity contribution in [2.75, 3.05) is 6.61 Å². The van der Waals surface area contributed by atoms with Crippen LogP contribution in [0.2, 0.25) is 0 Å². The second kappa shape index (κ2) is 7.73. The molecule has 0 aromatic carbocycles. The highest BCUT2D eigenvalue weighted by Crippen LogP contribution is 2.50. The van der Waals surface area contributed by atoms with Crippen LogP contribution in [0.1, 0.15) is 26.2 Å². The van der Waals surface area contributed by atoms with E-state index in [-0.39, 0.29) is 6.61 Å². The van der Waals surface area contributed by atoms with Crippen LogP contribution in [0.3, 0.4) is 0 Å². The number of hydrogen-bond acceptors (Lipinski definition) is 3. The molecule has 0 aromatic heterocycles. The van der Waals surface area contributed by atoms with Crippen molar-refractivity contribution in [3.05, 3.63) is 11.4 Å². The van der Waals surface area contributed by atoms with Crippen molar-refractivity contribution >= 4 is 12.3 Å². The molecule has 0 N–H and O–H groups in total. The number of rotatable bonds is 8. The zero-order chi connectivity index (χ0) is 18.5. The number of alkyl halides is 7. The fourth-order valence-corrected chi connectivity index (χ4v) is 1.39. The van der Waals surface area contributed by atoms with Gasteiger partial charge < -0.3 is 4.74 Å². The van der Waals surface area contributed by atoms with E-state index in [9.17, 15) is 44.7 Å². The van der Waals surface area contributed by atoms with Crippen LogP contribution < -0.4 is 0 Å². The molecular formula is C12H12F8O3. The van der Waals surface area contributed by atoms with E-state index in [1.54, 1.807) is 0 Å². The van der Waals surface area contributed by atoms with Crippen LogP contribution in [0.5, 0.6) is 0 Å². The van der Waals surface area contributed by atoms with E-state index >= 15 is 0 Å². The Balaban J connectivity index is 5.29. The molecule has 0 aliphatic heterocycles. The van der Waals surface area contributed by atoms with Crippen molar-refractivity contribution in [3.8, 4) is 0 Å². The van der Waals surface area contributed by atoms with Gasteiger partial charge in [0.2, 0.25) is 0 Å². The van der Waals surface area contributed by atoms with Gasteiger partial charge in [-0.15, -0.1) is 0 Å². The lowest BCUT2D eigenvalue weighted by Crippen LogP contribution is -2.52. The highest BCUT2D eigenvalue weighted by molar-refractivity contribution is 5.75. The number of allylic oxidation sites excluding steroid dienone is 2. The molecule has 0 aliphatic carbocycles. The molecule has 0 rings (SSSR count). The zero-order valence-electron chi connectivity index (χ0n) is 11.7. The largest absolute Gasteiger partial charge is 0.466 e. The summed E-state index contributed by atoms with van der Waals surface area (Å²) in [6, 6.07) is 0. The van der Waals surface area contributed by atoms with Gasteiger partial charge in [-0.25, -0.2) is 4.39 Å². The lowest BCUT2D eigenvalue weighted by molar-refractivity contribution is -0.347. The summed E-state index contributed by atoms with van der Waals surface area (Å²) in [4.78, 5) is 21.4. The summed E-state index contributed by atoms with van der Waals surface area (Å²) < 4.78 is 105. The normalized spacial score (nSPS) is 14.3. The molecule has 0 spiro atoms. The molecule has 0 radical (unpaired) electrons. The highest BCUT2D eigenvalue weighted by atomic mass is 19.4. The average molecular weight is 356 g/mol. The average Bonchev–Trinajstić information content (AvgIpc) is 2.41. The molecular weight excluding hydrogens is 344 g/mol. The van der Waals surface area contributed by atoms with Crippen molar-refractivity contribution < 1.29 is 49.4 Å². The SMILES string of the molecule is CCOC(=O)CCCC(C=O)=C(F)C(F)(F)C(F)(F)C(F)(F)F. The fraction of sp³-hybridized carbons (Fsp3) is 0.667. The molecule has 0 unspecified atom stereocenters. The Morgan fingerprint density at radius 2 is 1.57 bits per heavy atom. The second-order valence-electron chi connectivity index (χ2n) is 4.26. The van der Waals surface area contributed by atoms with Crippen molar-refractivity contribution in [2.45, 2.75) is 44.2 Å². The van der Waals surface area contributed by atoms with Crippen molar-refractivity contribution in [1.82, 2.24) is 0 Å². The molecule has 11 heteroatoms. The molecule has 0 atom stereocenters. The van der Waals surface area contributed by atoms with Crippen LogP contribution in [0.15, 0.2) is 11.4 Å². The van der Waals surface area contributed by atoms with Gasteiger partial charge >= 0.3 is 24.0 Å². The lowest BCUT2D eigenvalue weighted by atomic mass is 10.0. The maximum absolute atomic E-state index is 13.3. The molecule has 0 aliphatic rings. The molecule has 3 nitrogen and oxygen atoms in total. The number of esters is 1. The van der Waals surface area contributed by atoms with E-state index in [0.29, 0.717) is 0 Å².